The van der Waals surface area contributed by atoms with Gasteiger partial charge in [-0.2, -0.15) is 0 Å². The lowest BCUT2D eigenvalue weighted by molar-refractivity contribution is -0.121. The SMILES string of the molecule is CN1C(=O)C(C)(C)c2cc(-c3csc(NC(=O)c4ccc(-c5ccccc5)cc4)n3)ccc21. The van der Waals surface area contributed by atoms with E-state index in [4.69, 9.17) is 0 Å². The number of hydrogen-bond donors (Lipinski definition) is 1. The molecule has 33 heavy (non-hydrogen) atoms. The number of amides is 2. The number of carbonyl (C=O) groups excluding carboxylic acids is 2. The van der Waals surface area contributed by atoms with Gasteiger partial charge < -0.3 is 4.90 Å². The van der Waals surface area contributed by atoms with Crippen molar-refractivity contribution >= 4 is 34.0 Å². The lowest BCUT2D eigenvalue weighted by Gasteiger charge is -2.16. The van der Waals surface area contributed by atoms with Crippen LogP contribution in [0.4, 0.5) is 10.8 Å². The molecule has 164 valence electrons. The molecule has 0 spiro atoms. The Labute approximate surface area is 196 Å². The Kier molecular flexibility index (Phi) is 5.10. The summed E-state index contributed by atoms with van der Waals surface area (Å²) in [7, 11) is 1.80. The van der Waals surface area contributed by atoms with E-state index in [-0.39, 0.29) is 11.8 Å². The first-order valence-electron chi connectivity index (χ1n) is 10.7. The molecule has 2 amide bonds. The Morgan fingerprint density at radius 3 is 2.33 bits per heavy atom. The molecule has 0 aliphatic carbocycles. The Morgan fingerprint density at radius 1 is 0.939 bits per heavy atom. The van der Waals surface area contributed by atoms with Crippen LogP contribution in [0.15, 0.2) is 78.2 Å². The molecule has 6 heteroatoms. The van der Waals surface area contributed by atoms with Gasteiger partial charge in [0.1, 0.15) is 0 Å². The molecule has 1 aromatic heterocycles. The van der Waals surface area contributed by atoms with E-state index in [9.17, 15) is 9.59 Å². The zero-order valence-corrected chi connectivity index (χ0v) is 19.4. The largest absolute Gasteiger partial charge is 0.314 e. The van der Waals surface area contributed by atoms with Gasteiger partial charge in [0, 0.05) is 29.2 Å². The average Bonchev–Trinajstić information content (AvgIpc) is 3.37. The summed E-state index contributed by atoms with van der Waals surface area (Å²) in [6.07, 6.45) is 0. The molecule has 0 fully saturated rings. The van der Waals surface area contributed by atoms with Gasteiger partial charge in [-0.1, -0.05) is 48.5 Å². The molecular weight excluding hydrogens is 430 g/mol. The molecular formula is C27H23N3O2S. The van der Waals surface area contributed by atoms with Gasteiger partial charge >= 0.3 is 0 Å². The minimum Gasteiger partial charge on any atom is -0.314 e. The number of carbonyl (C=O) groups is 2. The van der Waals surface area contributed by atoms with Gasteiger partial charge in [0.25, 0.3) is 5.91 Å². The summed E-state index contributed by atoms with van der Waals surface area (Å²) in [5.74, 6) is -0.114. The third kappa shape index (κ3) is 3.72. The van der Waals surface area contributed by atoms with Crippen LogP contribution in [0.1, 0.15) is 29.8 Å². The third-order valence-electron chi connectivity index (χ3n) is 6.15. The van der Waals surface area contributed by atoms with Gasteiger partial charge in [-0.05, 0) is 54.8 Å². The molecule has 0 atom stereocenters. The van der Waals surface area contributed by atoms with Crippen LogP contribution in [0.5, 0.6) is 0 Å². The average molecular weight is 454 g/mol. The first-order chi connectivity index (χ1) is 15.8. The van der Waals surface area contributed by atoms with E-state index in [1.54, 1.807) is 11.9 Å². The summed E-state index contributed by atoms with van der Waals surface area (Å²) in [6, 6.07) is 23.5. The lowest BCUT2D eigenvalue weighted by atomic mass is 9.85. The number of anilines is 2. The fraction of sp³-hybridized carbons (Fsp3) is 0.148. The van der Waals surface area contributed by atoms with E-state index in [1.807, 2.05) is 92.0 Å². The topological polar surface area (TPSA) is 62.3 Å². The second kappa shape index (κ2) is 7.98. The van der Waals surface area contributed by atoms with Gasteiger partial charge in [-0.15, -0.1) is 11.3 Å². The minimum absolute atomic E-state index is 0.0826. The quantitative estimate of drug-likeness (QED) is 0.413. The van der Waals surface area contributed by atoms with Crippen molar-refractivity contribution in [3.63, 3.8) is 0 Å². The fourth-order valence-corrected chi connectivity index (χ4v) is 4.92. The first-order valence-corrected chi connectivity index (χ1v) is 11.6. The summed E-state index contributed by atoms with van der Waals surface area (Å²) in [4.78, 5) is 31.6. The van der Waals surface area contributed by atoms with Crippen molar-refractivity contribution in [1.29, 1.82) is 0 Å². The Morgan fingerprint density at radius 2 is 1.61 bits per heavy atom. The van der Waals surface area contributed by atoms with Crippen LogP contribution in [-0.4, -0.2) is 23.8 Å². The van der Waals surface area contributed by atoms with Crippen LogP contribution in [-0.2, 0) is 10.2 Å². The summed E-state index contributed by atoms with van der Waals surface area (Å²) in [5, 5.41) is 5.35. The predicted octanol–water partition coefficient (Wildman–Crippen LogP) is 5.98. The number of rotatable bonds is 4. The molecule has 0 radical (unpaired) electrons. The molecule has 1 aliphatic heterocycles. The molecule has 0 unspecified atom stereocenters. The van der Waals surface area contributed by atoms with Crippen LogP contribution in [0.2, 0.25) is 0 Å². The highest BCUT2D eigenvalue weighted by Gasteiger charge is 2.42. The Bertz CT molecular complexity index is 1360. The van der Waals surface area contributed by atoms with Gasteiger partial charge in [0.05, 0.1) is 11.1 Å². The Balaban J connectivity index is 1.33. The first kappa shape index (κ1) is 21.1. The summed E-state index contributed by atoms with van der Waals surface area (Å²) in [5.41, 5.74) is 5.79. The van der Waals surface area contributed by atoms with Crippen LogP contribution in [0, 0.1) is 0 Å². The third-order valence-corrected chi connectivity index (χ3v) is 6.90. The van der Waals surface area contributed by atoms with Gasteiger partial charge in [-0.25, -0.2) is 4.98 Å². The highest BCUT2D eigenvalue weighted by atomic mass is 32.1. The molecule has 5 rings (SSSR count). The summed E-state index contributed by atoms with van der Waals surface area (Å²) in [6.45, 7) is 3.88. The van der Waals surface area contributed by atoms with E-state index >= 15 is 0 Å². The monoisotopic (exact) mass is 453 g/mol. The molecule has 0 bridgehead atoms. The fourth-order valence-electron chi connectivity index (χ4n) is 4.21. The summed E-state index contributed by atoms with van der Waals surface area (Å²) >= 11 is 1.38. The van der Waals surface area contributed by atoms with E-state index in [1.165, 1.54) is 11.3 Å². The number of aromatic nitrogens is 1. The number of nitrogens with zero attached hydrogens (tertiary/aromatic N) is 2. The van der Waals surface area contributed by atoms with E-state index < -0.39 is 5.41 Å². The van der Waals surface area contributed by atoms with Crippen molar-refractivity contribution in [3.05, 3.63) is 89.3 Å². The van der Waals surface area contributed by atoms with Gasteiger partial charge in [0.15, 0.2) is 5.13 Å². The van der Waals surface area contributed by atoms with Crippen LogP contribution in [0.3, 0.4) is 0 Å². The highest BCUT2D eigenvalue weighted by molar-refractivity contribution is 7.14. The zero-order valence-electron chi connectivity index (χ0n) is 18.6. The number of benzene rings is 3. The Hall–Kier alpha value is -3.77. The van der Waals surface area contributed by atoms with Gasteiger partial charge in [0.2, 0.25) is 5.91 Å². The van der Waals surface area contributed by atoms with E-state index in [0.717, 1.165) is 33.6 Å². The predicted molar refractivity (Wildman–Crippen MR) is 134 cm³/mol. The molecule has 0 saturated carbocycles. The molecule has 3 aromatic carbocycles. The van der Waals surface area contributed by atoms with Crippen molar-refractivity contribution in [2.24, 2.45) is 0 Å². The number of hydrogen-bond acceptors (Lipinski definition) is 4. The zero-order chi connectivity index (χ0) is 23.2. The maximum atomic E-state index is 12.7. The van der Waals surface area contributed by atoms with E-state index in [0.29, 0.717) is 10.7 Å². The molecule has 5 nitrogen and oxygen atoms in total. The summed E-state index contributed by atoms with van der Waals surface area (Å²) < 4.78 is 0. The maximum absolute atomic E-state index is 12.7. The molecule has 0 saturated heterocycles. The number of likely N-dealkylation sites (N-methyl/N-ethyl adjacent to an activating group) is 1. The second-order valence-corrected chi connectivity index (χ2v) is 9.51. The van der Waals surface area contributed by atoms with Gasteiger partial charge in [-0.3, -0.25) is 14.9 Å². The standard InChI is InChI=1S/C27H23N3O2S/c1-27(2)21-15-20(13-14-23(21)30(3)25(27)32)22-16-33-26(28-22)29-24(31)19-11-9-18(10-12-19)17-7-5-4-6-8-17/h4-16H,1-3H3,(H,28,29,31). The number of thiazole rings is 1. The second-order valence-electron chi connectivity index (χ2n) is 8.66. The van der Waals surface area contributed by atoms with Crippen molar-refractivity contribution in [2.45, 2.75) is 19.3 Å². The van der Waals surface area contributed by atoms with Crippen molar-refractivity contribution in [2.75, 3.05) is 17.3 Å². The minimum atomic E-state index is -0.570. The number of fused-ring (bicyclic) bond motifs is 1. The molecule has 4 aromatic rings. The highest BCUT2D eigenvalue weighted by Crippen LogP contribution is 2.42. The van der Waals surface area contributed by atoms with Crippen LogP contribution < -0.4 is 10.2 Å². The normalized spacial score (nSPS) is 14.3. The van der Waals surface area contributed by atoms with Crippen LogP contribution >= 0.6 is 11.3 Å². The van der Waals surface area contributed by atoms with Crippen molar-refractivity contribution in [3.8, 4) is 22.4 Å². The maximum Gasteiger partial charge on any atom is 0.257 e. The molecule has 1 aliphatic rings. The van der Waals surface area contributed by atoms with Crippen molar-refractivity contribution < 1.29 is 9.59 Å². The lowest BCUT2D eigenvalue weighted by Crippen LogP contribution is -2.33. The van der Waals surface area contributed by atoms with Crippen molar-refractivity contribution in [1.82, 2.24) is 4.98 Å². The number of nitrogens with one attached hydrogen (secondary N) is 1. The van der Waals surface area contributed by atoms with E-state index in [2.05, 4.69) is 10.3 Å². The molecule has 2 heterocycles. The molecule has 1 N–H and O–H groups in total. The smallest absolute Gasteiger partial charge is 0.257 e. The van der Waals surface area contributed by atoms with Crippen LogP contribution in [0.25, 0.3) is 22.4 Å².